The van der Waals surface area contributed by atoms with Crippen molar-refractivity contribution in [3.63, 3.8) is 0 Å². The van der Waals surface area contributed by atoms with Crippen LogP contribution in [-0.4, -0.2) is 11.5 Å². The zero-order chi connectivity index (χ0) is 17.7. The molecule has 0 fully saturated rings. The average molecular weight is 364 g/mol. The van der Waals surface area contributed by atoms with Gasteiger partial charge in [0.05, 0.1) is 5.69 Å². The Kier molecular flexibility index (Phi) is 6.58. The van der Waals surface area contributed by atoms with Crippen molar-refractivity contribution in [1.29, 1.82) is 0 Å². The predicted molar refractivity (Wildman–Crippen MR) is 104 cm³/mol. The van der Waals surface area contributed by atoms with Gasteiger partial charge in [0.2, 0.25) is 0 Å². The fourth-order valence-electron chi connectivity index (χ4n) is 2.50. The van der Waals surface area contributed by atoms with Gasteiger partial charge in [-0.05, 0) is 51.0 Å². The number of ether oxygens (including phenoxy) is 1. The topological polar surface area (TPSA) is 38.3 Å². The van der Waals surface area contributed by atoms with Crippen LogP contribution in [0.4, 0.5) is 5.69 Å². The Labute approximate surface area is 152 Å². The van der Waals surface area contributed by atoms with E-state index in [9.17, 15) is 4.79 Å². The highest BCUT2D eigenvalue weighted by molar-refractivity contribution is 8.00. The summed E-state index contributed by atoms with van der Waals surface area (Å²) in [7, 11) is 0. The van der Waals surface area contributed by atoms with Crippen molar-refractivity contribution in [2.75, 3.05) is 10.5 Å². The number of hydrogen-bond acceptors (Lipinski definition) is 4. The molecule has 0 unspecified atom stereocenters. The summed E-state index contributed by atoms with van der Waals surface area (Å²) in [6.45, 7) is 7.52. The van der Waals surface area contributed by atoms with E-state index in [1.54, 1.807) is 18.9 Å². The quantitative estimate of drug-likeness (QED) is 0.350. The minimum atomic E-state index is 0.0351. The Hall–Kier alpha value is -1.65. The van der Waals surface area contributed by atoms with E-state index < -0.39 is 0 Å². The second-order valence-corrected chi connectivity index (χ2v) is 6.89. The lowest BCUT2D eigenvalue weighted by Gasteiger charge is -2.15. The molecule has 2 aromatic carbocycles. The van der Waals surface area contributed by atoms with Crippen LogP contribution in [0.1, 0.15) is 41.8 Å². The zero-order valence-electron chi connectivity index (χ0n) is 14.4. The summed E-state index contributed by atoms with van der Waals surface area (Å²) in [6.07, 6.45) is 1.09. The molecule has 0 aliphatic heterocycles. The number of rotatable bonds is 7. The van der Waals surface area contributed by atoms with Gasteiger partial charge in [0, 0.05) is 16.9 Å². The summed E-state index contributed by atoms with van der Waals surface area (Å²) < 4.78 is 9.24. The number of ketones is 1. The van der Waals surface area contributed by atoms with Crippen LogP contribution in [0.2, 0.25) is 5.02 Å². The third kappa shape index (κ3) is 4.25. The molecule has 0 saturated heterocycles. The molecule has 0 aliphatic rings. The molecule has 128 valence electrons. The Bertz CT molecular complexity index is 746. The van der Waals surface area contributed by atoms with E-state index in [-0.39, 0.29) is 5.78 Å². The second kappa shape index (κ2) is 8.45. The molecule has 0 radical (unpaired) electrons. The van der Waals surface area contributed by atoms with Crippen LogP contribution in [0.3, 0.4) is 0 Å². The number of carbonyl (C=O) groups is 1. The van der Waals surface area contributed by atoms with E-state index in [1.165, 1.54) is 0 Å². The highest BCUT2D eigenvalue weighted by atomic mass is 35.5. The molecule has 0 heterocycles. The minimum Gasteiger partial charge on any atom is -0.455 e. The van der Waals surface area contributed by atoms with Crippen LogP contribution in [0, 0.1) is 13.8 Å². The Balaban J connectivity index is 2.30. The predicted octanol–water partition coefficient (Wildman–Crippen LogP) is 6.42. The number of aryl methyl sites for hydroxylation is 1. The number of carbonyl (C=O) groups excluding carboxylic acids is 1. The fraction of sp³-hybridized carbons (Fsp3) is 0.316. The van der Waals surface area contributed by atoms with Crippen molar-refractivity contribution in [3.8, 4) is 11.5 Å². The van der Waals surface area contributed by atoms with Crippen molar-refractivity contribution in [1.82, 2.24) is 0 Å². The van der Waals surface area contributed by atoms with E-state index in [0.29, 0.717) is 22.1 Å². The van der Waals surface area contributed by atoms with E-state index >= 15 is 0 Å². The Morgan fingerprint density at radius 2 is 1.96 bits per heavy atom. The Morgan fingerprint density at radius 1 is 1.21 bits per heavy atom. The van der Waals surface area contributed by atoms with Gasteiger partial charge in [-0.25, -0.2) is 0 Å². The smallest absolute Gasteiger partial charge is 0.160 e. The van der Waals surface area contributed by atoms with Gasteiger partial charge in [-0.1, -0.05) is 42.6 Å². The lowest BCUT2D eigenvalue weighted by molar-refractivity contribution is 0.101. The number of nitrogens with one attached hydrogen (secondary N) is 1. The molecule has 0 saturated carbocycles. The monoisotopic (exact) mass is 363 g/mol. The average Bonchev–Trinajstić information content (AvgIpc) is 2.53. The zero-order valence-corrected chi connectivity index (χ0v) is 16.0. The van der Waals surface area contributed by atoms with Crippen LogP contribution < -0.4 is 9.46 Å². The lowest BCUT2D eigenvalue weighted by atomic mass is 9.99. The van der Waals surface area contributed by atoms with Crippen LogP contribution in [-0.2, 0) is 0 Å². The molecule has 0 amide bonds. The summed E-state index contributed by atoms with van der Waals surface area (Å²) in [4.78, 5) is 11.9. The molecule has 24 heavy (non-hydrogen) atoms. The maximum Gasteiger partial charge on any atom is 0.160 e. The maximum absolute atomic E-state index is 11.9. The van der Waals surface area contributed by atoms with Gasteiger partial charge >= 0.3 is 0 Å². The molecule has 0 atom stereocenters. The van der Waals surface area contributed by atoms with Crippen LogP contribution in [0.15, 0.2) is 30.3 Å². The Morgan fingerprint density at radius 3 is 2.62 bits per heavy atom. The lowest BCUT2D eigenvalue weighted by Crippen LogP contribution is -2.02. The molecule has 1 N–H and O–H groups in total. The first-order valence-electron chi connectivity index (χ1n) is 7.91. The van der Waals surface area contributed by atoms with Gasteiger partial charge in [0.1, 0.15) is 16.5 Å². The second-order valence-electron chi connectivity index (χ2n) is 5.61. The first-order valence-corrected chi connectivity index (χ1v) is 9.27. The fourth-order valence-corrected chi connectivity index (χ4v) is 3.40. The van der Waals surface area contributed by atoms with E-state index in [0.717, 1.165) is 29.0 Å². The van der Waals surface area contributed by atoms with Crippen molar-refractivity contribution in [2.45, 2.75) is 34.1 Å². The van der Waals surface area contributed by atoms with E-state index in [2.05, 4.69) is 11.6 Å². The standard InChI is InChI=1S/C19H22ClNO2S/c1-5-11-24-21-15-7-6-8-17(19(15)20)23-16-10-9-12(2)18(13(16)3)14(4)22/h6-10,21H,5,11H2,1-4H3. The molecule has 5 heteroatoms. The first kappa shape index (κ1) is 18.7. The molecule has 2 rings (SSSR count). The van der Waals surface area contributed by atoms with Crippen molar-refractivity contribution in [3.05, 3.63) is 52.0 Å². The van der Waals surface area contributed by atoms with Crippen molar-refractivity contribution >= 4 is 35.0 Å². The van der Waals surface area contributed by atoms with Crippen molar-refractivity contribution in [2.24, 2.45) is 0 Å². The third-order valence-corrected chi connectivity index (χ3v) is 5.01. The van der Waals surface area contributed by atoms with Crippen LogP contribution in [0.25, 0.3) is 0 Å². The number of benzene rings is 2. The van der Waals surface area contributed by atoms with Crippen molar-refractivity contribution < 1.29 is 9.53 Å². The number of halogens is 1. The van der Waals surface area contributed by atoms with Gasteiger partial charge in [-0.2, -0.15) is 0 Å². The number of hydrogen-bond donors (Lipinski definition) is 1. The van der Waals surface area contributed by atoms with Gasteiger partial charge in [-0.15, -0.1) is 0 Å². The van der Waals surface area contributed by atoms with Gasteiger partial charge in [0.15, 0.2) is 5.78 Å². The molecule has 2 aromatic rings. The highest BCUT2D eigenvalue weighted by Gasteiger charge is 2.15. The van der Waals surface area contributed by atoms with Crippen LogP contribution >= 0.6 is 23.5 Å². The van der Waals surface area contributed by atoms with Gasteiger partial charge in [-0.3, -0.25) is 4.79 Å². The maximum atomic E-state index is 11.9. The summed E-state index contributed by atoms with van der Waals surface area (Å²) in [5, 5.41) is 0.533. The summed E-state index contributed by atoms with van der Waals surface area (Å²) in [6, 6.07) is 9.41. The molecular weight excluding hydrogens is 342 g/mol. The molecule has 0 bridgehead atoms. The normalized spacial score (nSPS) is 10.5. The van der Waals surface area contributed by atoms with Gasteiger partial charge in [0.25, 0.3) is 0 Å². The molecule has 0 aromatic heterocycles. The molecule has 0 aliphatic carbocycles. The third-order valence-electron chi connectivity index (χ3n) is 3.65. The molecule has 3 nitrogen and oxygen atoms in total. The highest BCUT2D eigenvalue weighted by Crippen LogP contribution is 2.38. The van der Waals surface area contributed by atoms with E-state index in [1.807, 2.05) is 44.2 Å². The number of anilines is 1. The van der Waals surface area contributed by atoms with E-state index in [4.69, 9.17) is 16.3 Å². The largest absolute Gasteiger partial charge is 0.455 e. The SMILES string of the molecule is CCCSNc1cccc(Oc2ccc(C)c(C(C)=O)c2C)c1Cl. The summed E-state index contributed by atoms with van der Waals surface area (Å²) in [5.74, 6) is 2.25. The molecular formula is C19H22ClNO2S. The summed E-state index contributed by atoms with van der Waals surface area (Å²) in [5.41, 5.74) is 3.31. The molecule has 0 spiro atoms. The summed E-state index contributed by atoms with van der Waals surface area (Å²) >= 11 is 8.07. The van der Waals surface area contributed by atoms with Gasteiger partial charge < -0.3 is 9.46 Å². The minimum absolute atomic E-state index is 0.0351. The first-order chi connectivity index (χ1) is 11.5. The number of Topliss-reactive ketones (excluding diaryl/α,β-unsaturated/α-hetero) is 1. The van der Waals surface area contributed by atoms with Crippen LogP contribution in [0.5, 0.6) is 11.5 Å².